The normalized spacial score (nSPS) is 15.1. The molecule has 0 aliphatic carbocycles. The average molecular weight is 478 g/mol. The number of benzene rings is 2. The Morgan fingerprint density at radius 2 is 1.74 bits per heavy atom. The lowest BCUT2D eigenvalue weighted by Gasteiger charge is -2.35. The maximum absolute atomic E-state index is 13.5. The van der Waals surface area contributed by atoms with Crippen molar-refractivity contribution in [2.75, 3.05) is 51.0 Å². The van der Waals surface area contributed by atoms with E-state index in [-0.39, 0.29) is 10.7 Å². The van der Waals surface area contributed by atoms with Crippen LogP contribution in [0.3, 0.4) is 0 Å². The third-order valence-electron chi connectivity index (χ3n) is 6.27. The summed E-state index contributed by atoms with van der Waals surface area (Å²) in [7, 11) is -0.240. The van der Waals surface area contributed by atoms with Gasteiger partial charge in [-0.3, -0.25) is 0 Å². The predicted molar refractivity (Wildman–Crippen MR) is 135 cm³/mol. The molecule has 5 rings (SSSR count). The van der Waals surface area contributed by atoms with Crippen LogP contribution >= 0.6 is 0 Å². The number of fused-ring (bicyclic) bond motifs is 1. The van der Waals surface area contributed by atoms with Crippen LogP contribution in [0, 0.1) is 0 Å². The Morgan fingerprint density at radius 3 is 2.50 bits per heavy atom. The molecule has 0 unspecified atom stereocenters. The zero-order valence-electron chi connectivity index (χ0n) is 19.2. The van der Waals surface area contributed by atoms with E-state index in [1.165, 1.54) is 17.1 Å². The predicted octanol–water partition coefficient (Wildman–Crippen LogP) is 3.28. The number of nitrogens with two attached hydrogens (primary N) is 1. The van der Waals surface area contributed by atoms with E-state index < -0.39 is 10.0 Å². The summed E-state index contributed by atoms with van der Waals surface area (Å²) in [5.41, 5.74) is 9.36. The summed E-state index contributed by atoms with van der Waals surface area (Å²) >= 11 is 0. The van der Waals surface area contributed by atoms with Crippen LogP contribution < -0.4 is 15.4 Å². The Labute approximate surface area is 199 Å². The summed E-state index contributed by atoms with van der Waals surface area (Å²) in [6, 6.07) is 17.9. The number of piperazine rings is 1. The van der Waals surface area contributed by atoms with Gasteiger partial charge in [-0.25, -0.2) is 17.4 Å². The highest BCUT2D eigenvalue weighted by Gasteiger charge is 2.24. The number of likely N-dealkylation sites (N-methyl/N-ethyl adjacent to an activating group) is 1. The standard InChI is InChI=1S/C25H27N5O3S/c1-28-12-14-29(15-13-28)22-9-4-3-8-20(22)25-21-10-11-30(23(21)17-24(26)27-25)34(31,32)19-7-5-6-18(16-19)33-2/h3-11,16-17H,12-15H2,1-2H3,(H2,26,27). The van der Waals surface area contributed by atoms with E-state index in [0.717, 1.165) is 42.8 Å². The van der Waals surface area contributed by atoms with Crippen molar-refractivity contribution < 1.29 is 13.2 Å². The largest absolute Gasteiger partial charge is 0.497 e. The number of para-hydroxylation sites is 1. The first-order chi connectivity index (χ1) is 16.4. The molecule has 3 heterocycles. The van der Waals surface area contributed by atoms with Gasteiger partial charge in [0.2, 0.25) is 0 Å². The minimum absolute atomic E-state index is 0.138. The van der Waals surface area contributed by atoms with Crippen molar-refractivity contribution in [3.8, 4) is 17.0 Å². The molecule has 1 fully saturated rings. The topological polar surface area (TPSA) is 93.7 Å². The van der Waals surface area contributed by atoms with Gasteiger partial charge in [-0.15, -0.1) is 0 Å². The smallest absolute Gasteiger partial charge is 0.268 e. The second-order valence-electron chi connectivity index (χ2n) is 8.43. The Morgan fingerprint density at radius 1 is 0.971 bits per heavy atom. The van der Waals surface area contributed by atoms with E-state index in [1.54, 1.807) is 36.5 Å². The molecule has 1 aliphatic rings. The van der Waals surface area contributed by atoms with Crippen LogP contribution in [-0.2, 0) is 10.0 Å². The van der Waals surface area contributed by atoms with Crippen LogP contribution in [0.15, 0.2) is 71.8 Å². The molecular formula is C25H27N5O3S. The minimum atomic E-state index is -3.87. The van der Waals surface area contributed by atoms with Gasteiger partial charge in [-0.05, 0) is 31.3 Å². The lowest BCUT2D eigenvalue weighted by Crippen LogP contribution is -2.44. The lowest BCUT2D eigenvalue weighted by molar-refractivity contribution is 0.313. The van der Waals surface area contributed by atoms with Crippen LogP contribution in [0.2, 0.25) is 0 Å². The zero-order valence-corrected chi connectivity index (χ0v) is 20.0. The van der Waals surface area contributed by atoms with Crippen molar-refractivity contribution in [2.24, 2.45) is 0 Å². The molecule has 9 heteroatoms. The van der Waals surface area contributed by atoms with E-state index in [2.05, 4.69) is 27.9 Å². The second-order valence-corrected chi connectivity index (χ2v) is 10.2. The fourth-order valence-corrected chi connectivity index (χ4v) is 5.79. The van der Waals surface area contributed by atoms with Gasteiger partial charge >= 0.3 is 0 Å². The highest BCUT2D eigenvalue weighted by molar-refractivity contribution is 7.90. The molecule has 0 radical (unpaired) electrons. The summed E-state index contributed by atoms with van der Waals surface area (Å²) < 4.78 is 33.5. The van der Waals surface area contributed by atoms with E-state index in [0.29, 0.717) is 17.0 Å². The first kappa shape index (κ1) is 22.2. The monoisotopic (exact) mass is 477 g/mol. The van der Waals surface area contributed by atoms with Gasteiger partial charge in [-0.2, -0.15) is 0 Å². The molecule has 0 saturated carbocycles. The molecule has 8 nitrogen and oxygen atoms in total. The number of methoxy groups -OCH3 is 1. The SMILES string of the molecule is COc1cccc(S(=O)(=O)n2ccc3c(-c4ccccc4N4CCN(C)CC4)nc(N)cc32)c1. The Bertz CT molecular complexity index is 1460. The third kappa shape index (κ3) is 3.86. The quantitative estimate of drug-likeness (QED) is 0.471. The molecule has 0 bridgehead atoms. The molecule has 0 atom stereocenters. The van der Waals surface area contributed by atoms with Gasteiger partial charge in [0.25, 0.3) is 10.0 Å². The van der Waals surface area contributed by atoms with Crippen LogP contribution in [0.5, 0.6) is 5.75 Å². The van der Waals surface area contributed by atoms with Crippen LogP contribution in [0.4, 0.5) is 11.5 Å². The van der Waals surface area contributed by atoms with Crippen molar-refractivity contribution in [1.29, 1.82) is 0 Å². The molecule has 1 saturated heterocycles. The van der Waals surface area contributed by atoms with E-state index in [1.807, 2.05) is 18.2 Å². The molecule has 1 aliphatic heterocycles. The van der Waals surface area contributed by atoms with Crippen molar-refractivity contribution >= 4 is 32.4 Å². The molecule has 34 heavy (non-hydrogen) atoms. The van der Waals surface area contributed by atoms with Crippen molar-refractivity contribution in [2.45, 2.75) is 4.90 Å². The lowest BCUT2D eigenvalue weighted by atomic mass is 10.0. The highest BCUT2D eigenvalue weighted by atomic mass is 32.2. The van der Waals surface area contributed by atoms with E-state index in [4.69, 9.17) is 10.5 Å². The molecule has 4 aromatic rings. The van der Waals surface area contributed by atoms with E-state index >= 15 is 0 Å². The molecular weight excluding hydrogens is 450 g/mol. The summed E-state index contributed by atoms with van der Waals surface area (Å²) in [6.07, 6.45) is 1.56. The average Bonchev–Trinajstić information content (AvgIpc) is 3.29. The highest BCUT2D eigenvalue weighted by Crippen LogP contribution is 2.37. The molecule has 0 amide bonds. The van der Waals surface area contributed by atoms with Crippen LogP contribution in [-0.4, -0.2) is 62.6 Å². The van der Waals surface area contributed by atoms with Crippen molar-refractivity contribution in [3.05, 3.63) is 66.9 Å². The van der Waals surface area contributed by atoms with Crippen molar-refractivity contribution in [3.63, 3.8) is 0 Å². The van der Waals surface area contributed by atoms with Gasteiger partial charge in [-0.1, -0.05) is 24.3 Å². The van der Waals surface area contributed by atoms with E-state index in [9.17, 15) is 8.42 Å². The van der Waals surface area contributed by atoms with Crippen LogP contribution in [0.25, 0.3) is 22.2 Å². The molecule has 2 N–H and O–H groups in total. The second kappa shape index (κ2) is 8.66. The molecule has 0 spiro atoms. The number of hydrogen-bond donors (Lipinski definition) is 1. The van der Waals surface area contributed by atoms with Crippen molar-refractivity contribution in [1.82, 2.24) is 13.9 Å². The fraction of sp³-hybridized carbons (Fsp3) is 0.240. The maximum atomic E-state index is 13.5. The molecule has 2 aromatic heterocycles. The molecule has 176 valence electrons. The molecule has 2 aromatic carbocycles. The first-order valence-corrected chi connectivity index (χ1v) is 12.5. The minimum Gasteiger partial charge on any atom is -0.497 e. The Balaban J connectivity index is 1.65. The maximum Gasteiger partial charge on any atom is 0.268 e. The number of rotatable bonds is 5. The van der Waals surface area contributed by atoms with Gasteiger partial charge in [0, 0.05) is 61.1 Å². The number of pyridine rings is 1. The zero-order chi connectivity index (χ0) is 23.9. The van der Waals surface area contributed by atoms with Gasteiger partial charge < -0.3 is 20.3 Å². The van der Waals surface area contributed by atoms with Gasteiger partial charge in [0.15, 0.2) is 0 Å². The number of anilines is 2. The third-order valence-corrected chi connectivity index (χ3v) is 7.96. The number of nitrogens with zero attached hydrogens (tertiary/aromatic N) is 4. The fourth-order valence-electron chi connectivity index (χ4n) is 4.42. The summed E-state index contributed by atoms with van der Waals surface area (Å²) in [5.74, 6) is 0.733. The number of ether oxygens (including phenoxy) is 1. The summed E-state index contributed by atoms with van der Waals surface area (Å²) in [6.45, 7) is 3.76. The first-order valence-electron chi connectivity index (χ1n) is 11.1. The Hall–Kier alpha value is -3.56. The van der Waals surface area contributed by atoms with Crippen LogP contribution in [0.1, 0.15) is 0 Å². The number of hydrogen-bond acceptors (Lipinski definition) is 7. The van der Waals surface area contributed by atoms with Gasteiger partial charge in [0.05, 0.1) is 23.2 Å². The summed E-state index contributed by atoms with van der Waals surface area (Å²) in [4.78, 5) is 9.44. The summed E-state index contributed by atoms with van der Waals surface area (Å²) in [5, 5.41) is 0.724. The van der Waals surface area contributed by atoms with Gasteiger partial charge in [0.1, 0.15) is 11.6 Å². The number of nitrogen functional groups attached to an aromatic ring is 1. The Kier molecular flexibility index (Phi) is 5.66. The number of aromatic nitrogens is 2.